The topological polar surface area (TPSA) is 56.0 Å². The van der Waals surface area contributed by atoms with E-state index in [1.807, 2.05) is 0 Å². The zero-order valence-electron chi connectivity index (χ0n) is 11.7. The molecule has 7 heteroatoms. The molecule has 0 spiro atoms. The molecule has 0 saturated heterocycles. The number of rotatable bonds is 5. The van der Waals surface area contributed by atoms with E-state index in [-0.39, 0.29) is 22.3 Å². The molecule has 1 aromatic heterocycles. The van der Waals surface area contributed by atoms with E-state index in [1.165, 1.54) is 18.2 Å². The SMILES string of the molecule is O=C(CSc1nnc(-c2cccc(Cl)c2)o1)c1ccccc1F. The van der Waals surface area contributed by atoms with Gasteiger partial charge in [0, 0.05) is 10.6 Å². The van der Waals surface area contributed by atoms with Crippen LogP contribution < -0.4 is 0 Å². The van der Waals surface area contributed by atoms with E-state index in [0.717, 1.165) is 11.8 Å². The largest absolute Gasteiger partial charge is 0.411 e. The number of thioether (sulfide) groups is 1. The molecule has 2 aromatic carbocycles. The minimum absolute atomic E-state index is 0.0120. The molecule has 4 nitrogen and oxygen atoms in total. The van der Waals surface area contributed by atoms with Crippen molar-refractivity contribution in [2.75, 3.05) is 5.75 Å². The normalized spacial score (nSPS) is 10.7. The van der Waals surface area contributed by atoms with Crippen molar-refractivity contribution >= 4 is 29.1 Å². The molecule has 0 bridgehead atoms. The van der Waals surface area contributed by atoms with Crippen LogP contribution in [-0.2, 0) is 0 Å². The number of ketones is 1. The van der Waals surface area contributed by atoms with Crippen LogP contribution in [0.25, 0.3) is 11.5 Å². The fourth-order valence-corrected chi connectivity index (χ4v) is 2.74. The van der Waals surface area contributed by atoms with Crippen molar-refractivity contribution in [3.8, 4) is 11.5 Å². The van der Waals surface area contributed by atoms with Gasteiger partial charge in [0.25, 0.3) is 5.22 Å². The highest BCUT2D eigenvalue weighted by Gasteiger charge is 2.14. The van der Waals surface area contributed by atoms with E-state index < -0.39 is 5.82 Å². The Morgan fingerprint density at radius 2 is 2.00 bits per heavy atom. The molecule has 0 N–H and O–H groups in total. The molecule has 23 heavy (non-hydrogen) atoms. The van der Waals surface area contributed by atoms with E-state index in [4.69, 9.17) is 16.0 Å². The number of hydrogen-bond acceptors (Lipinski definition) is 5. The summed E-state index contributed by atoms with van der Waals surface area (Å²) in [6.45, 7) is 0. The highest BCUT2D eigenvalue weighted by molar-refractivity contribution is 7.99. The molecular weight excluding hydrogens is 339 g/mol. The van der Waals surface area contributed by atoms with Crippen LogP contribution in [0.3, 0.4) is 0 Å². The van der Waals surface area contributed by atoms with Crippen LogP contribution in [0.4, 0.5) is 4.39 Å². The maximum atomic E-state index is 13.5. The van der Waals surface area contributed by atoms with Gasteiger partial charge in [-0.3, -0.25) is 4.79 Å². The first kappa shape index (κ1) is 15.7. The molecule has 0 saturated carbocycles. The molecular formula is C16H10ClFN2O2S. The van der Waals surface area contributed by atoms with E-state index in [0.29, 0.717) is 16.5 Å². The molecule has 116 valence electrons. The minimum Gasteiger partial charge on any atom is -0.411 e. The Labute approximate surface area is 140 Å². The Hall–Kier alpha value is -2.18. The lowest BCUT2D eigenvalue weighted by molar-refractivity contribution is 0.101. The van der Waals surface area contributed by atoms with Gasteiger partial charge in [-0.25, -0.2) is 4.39 Å². The molecule has 0 amide bonds. The summed E-state index contributed by atoms with van der Waals surface area (Å²) in [7, 11) is 0. The summed E-state index contributed by atoms with van der Waals surface area (Å²) in [6.07, 6.45) is 0. The van der Waals surface area contributed by atoms with Crippen LogP contribution in [0, 0.1) is 5.82 Å². The Balaban J connectivity index is 1.68. The van der Waals surface area contributed by atoms with E-state index in [2.05, 4.69) is 10.2 Å². The predicted molar refractivity (Wildman–Crippen MR) is 86.2 cm³/mol. The molecule has 0 aliphatic rings. The van der Waals surface area contributed by atoms with Gasteiger partial charge in [0.05, 0.1) is 11.3 Å². The Morgan fingerprint density at radius 3 is 2.78 bits per heavy atom. The van der Waals surface area contributed by atoms with Crippen molar-refractivity contribution in [3.05, 3.63) is 64.9 Å². The number of halogens is 2. The van der Waals surface area contributed by atoms with E-state index >= 15 is 0 Å². The van der Waals surface area contributed by atoms with Crippen LogP contribution in [0.15, 0.2) is 58.2 Å². The molecule has 0 unspecified atom stereocenters. The highest BCUT2D eigenvalue weighted by Crippen LogP contribution is 2.25. The molecule has 0 radical (unpaired) electrons. The summed E-state index contributed by atoms with van der Waals surface area (Å²) in [5.74, 6) is -0.551. The molecule has 3 rings (SSSR count). The first-order valence-corrected chi connectivity index (χ1v) is 8.00. The average molecular weight is 349 g/mol. The summed E-state index contributed by atoms with van der Waals surface area (Å²) in [5.41, 5.74) is 0.742. The smallest absolute Gasteiger partial charge is 0.277 e. The van der Waals surface area contributed by atoms with Crippen molar-refractivity contribution in [1.29, 1.82) is 0 Å². The lowest BCUT2D eigenvalue weighted by Crippen LogP contribution is -2.04. The van der Waals surface area contributed by atoms with Gasteiger partial charge < -0.3 is 4.42 Å². The van der Waals surface area contributed by atoms with Crippen LogP contribution in [-0.4, -0.2) is 21.7 Å². The van der Waals surface area contributed by atoms with Gasteiger partial charge >= 0.3 is 0 Å². The van der Waals surface area contributed by atoms with Crippen molar-refractivity contribution in [2.45, 2.75) is 5.22 Å². The standard InChI is InChI=1S/C16H10ClFN2O2S/c17-11-5-3-4-10(8-11)15-19-20-16(22-15)23-9-14(21)12-6-1-2-7-13(12)18/h1-8H,9H2. The molecule has 0 fully saturated rings. The molecule has 0 aliphatic heterocycles. The van der Waals surface area contributed by atoms with Gasteiger partial charge in [0.2, 0.25) is 5.89 Å². The fraction of sp³-hybridized carbons (Fsp3) is 0.0625. The number of hydrogen-bond donors (Lipinski definition) is 0. The van der Waals surface area contributed by atoms with Crippen LogP contribution in [0.2, 0.25) is 5.02 Å². The Morgan fingerprint density at radius 1 is 1.17 bits per heavy atom. The van der Waals surface area contributed by atoms with Crippen LogP contribution >= 0.6 is 23.4 Å². The Kier molecular flexibility index (Phi) is 4.73. The first-order chi connectivity index (χ1) is 11.1. The Bertz CT molecular complexity index is 853. The summed E-state index contributed by atoms with van der Waals surface area (Å²) in [5, 5.41) is 8.58. The van der Waals surface area contributed by atoms with E-state index in [1.54, 1.807) is 30.3 Å². The summed E-state index contributed by atoms with van der Waals surface area (Å²) < 4.78 is 19.0. The number of carbonyl (C=O) groups is 1. The van der Waals surface area contributed by atoms with Crippen LogP contribution in [0.1, 0.15) is 10.4 Å². The third-order valence-electron chi connectivity index (χ3n) is 2.98. The quantitative estimate of drug-likeness (QED) is 0.501. The van der Waals surface area contributed by atoms with Gasteiger partial charge in [0.1, 0.15) is 5.82 Å². The number of aromatic nitrogens is 2. The van der Waals surface area contributed by atoms with Gasteiger partial charge in [-0.2, -0.15) is 0 Å². The number of benzene rings is 2. The number of Topliss-reactive ketones (excluding diaryl/α,β-unsaturated/α-hetero) is 1. The van der Waals surface area contributed by atoms with Crippen molar-refractivity contribution in [1.82, 2.24) is 10.2 Å². The third kappa shape index (κ3) is 3.78. The van der Waals surface area contributed by atoms with Gasteiger partial charge in [-0.15, -0.1) is 10.2 Å². The number of carbonyl (C=O) groups excluding carboxylic acids is 1. The van der Waals surface area contributed by atoms with Crippen molar-refractivity contribution < 1.29 is 13.6 Å². The average Bonchev–Trinajstić information content (AvgIpc) is 3.02. The molecule has 1 heterocycles. The highest BCUT2D eigenvalue weighted by atomic mass is 35.5. The van der Waals surface area contributed by atoms with Gasteiger partial charge in [-0.05, 0) is 30.3 Å². The second-order valence-electron chi connectivity index (χ2n) is 4.58. The second kappa shape index (κ2) is 6.93. The minimum atomic E-state index is -0.539. The van der Waals surface area contributed by atoms with Crippen molar-refractivity contribution in [3.63, 3.8) is 0 Å². The summed E-state index contributed by atoms with van der Waals surface area (Å²) in [4.78, 5) is 12.0. The summed E-state index contributed by atoms with van der Waals surface area (Å²) >= 11 is 6.97. The molecule has 0 atom stereocenters. The first-order valence-electron chi connectivity index (χ1n) is 6.63. The maximum Gasteiger partial charge on any atom is 0.277 e. The maximum absolute atomic E-state index is 13.5. The summed E-state index contributed by atoms with van der Waals surface area (Å²) in [6, 6.07) is 12.9. The van der Waals surface area contributed by atoms with Crippen molar-refractivity contribution in [2.24, 2.45) is 0 Å². The second-order valence-corrected chi connectivity index (χ2v) is 5.94. The number of nitrogens with zero attached hydrogens (tertiary/aromatic N) is 2. The third-order valence-corrected chi connectivity index (χ3v) is 4.03. The van der Waals surface area contributed by atoms with Gasteiger partial charge in [0.15, 0.2) is 5.78 Å². The zero-order chi connectivity index (χ0) is 16.2. The molecule has 0 aliphatic carbocycles. The predicted octanol–water partition coefficient (Wildman–Crippen LogP) is 4.50. The van der Waals surface area contributed by atoms with Crippen LogP contribution in [0.5, 0.6) is 0 Å². The zero-order valence-corrected chi connectivity index (χ0v) is 13.3. The monoisotopic (exact) mass is 348 g/mol. The molecule has 3 aromatic rings. The lowest BCUT2D eigenvalue weighted by Gasteiger charge is -2.00. The van der Waals surface area contributed by atoms with E-state index in [9.17, 15) is 9.18 Å². The fourth-order valence-electron chi connectivity index (χ4n) is 1.90. The lowest BCUT2D eigenvalue weighted by atomic mass is 10.1. The van der Waals surface area contributed by atoms with Gasteiger partial charge in [-0.1, -0.05) is 41.6 Å².